The zero-order valence-corrected chi connectivity index (χ0v) is 15.5. The van der Waals surface area contributed by atoms with Crippen molar-refractivity contribution in [3.05, 3.63) is 85.4 Å². The number of rotatable bonds is 1. The summed E-state index contributed by atoms with van der Waals surface area (Å²) in [5.74, 6) is -1.82. The van der Waals surface area contributed by atoms with E-state index in [0.29, 0.717) is 29.7 Å². The highest BCUT2D eigenvalue weighted by Crippen LogP contribution is 2.24. The Hall–Kier alpha value is -3.88. The number of aromatic nitrogens is 3. The SMILES string of the molecule is O=C(c1cc(F)cc2c(=O)c3cc(F)ccc3[nH]c12)N1CCc2n[nH]c(=O)cc2C1. The Morgan fingerprint density at radius 2 is 1.83 bits per heavy atom. The van der Waals surface area contributed by atoms with Crippen LogP contribution in [0.5, 0.6) is 0 Å². The van der Waals surface area contributed by atoms with Gasteiger partial charge in [-0.3, -0.25) is 14.4 Å². The van der Waals surface area contributed by atoms with Crippen LogP contribution in [0.2, 0.25) is 0 Å². The molecule has 0 atom stereocenters. The summed E-state index contributed by atoms with van der Waals surface area (Å²) in [6.45, 7) is 0.470. The first-order valence-corrected chi connectivity index (χ1v) is 9.22. The van der Waals surface area contributed by atoms with E-state index >= 15 is 0 Å². The summed E-state index contributed by atoms with van der Waals surface area (Å²) in [6.07, 6.45) is 0.434. The summed E-state index contributed by atoms with van der Waals surface area (Å²) in [6, 6.07) is 7.16. The molecule has 1 aliphatic heterocycles. The first-order chi connectivity index (χ1) is 14.4. The van der Waals surface area contributed by atoms with Crippen molar-refractivity contribution in [2.24, 2.45) is 0 Å². The van der Waals surface area contributed by atoms with Crippen LogP contribution in [0.3, 0.4) is 0 Å². The van der Waals surface area contributed by atoms with Gasteiger partial charge in [0.25, 0.3) is 11.5 Å². The number of carbonyl (C=O) groups is 1. The van der Waals surface area contributed by atoms with Crippen molar-refractivity contribution in [1.82, 2.24) is 20.1 Å². The van der Waals surface area contributed by atoms with Gasteiger partial charge in [-0.25, -0.2) is 13.9 Å². The minimum atomic E-state index is -0.748. The maximum absolute atomic E-state index is 14.3. The molecule has 0 unspecified atom stereocenters. The quantitative estimate of drug-likeness (QED) is 0.472. The minimum absolute atomic E-state index is 0.00502. The lowest BCUT2D eigenvalue weighted by Gasteiger charge is -2.28. The second-order valence-electron chi connectivity index (χ2n) is 7.20. The number of pyridine rings is 1. The molecular formula is C21H14F2N4O3. The van der Waals surface area contributed by atoms with Crippen molar-refractivity contribution in [3.63, 3.8) is 0 Å². The van der Waals surface area contributed by atoms with E-state index in [1.54, 1.807) is 0 Å². The zero-order chi connectivity index (χ0) is 21.0. The highest BCUT2D eigenvalue weighted by Gasteiger charge is 2.26. The molecule has 9 heteroatoms. The van der Waals surface area contributed by atoms with E-state index in [9.17, 15) is 23.2 Å². The summed E-state index contributed by atoms with van der Waals surface area (Å²) in [7, 11) is 0. The van der Waals surface area contributed by atoms with Crippen LogP contribution in [-0.4, -0.2) is 32.5 Å². The van der Waals surface area contributed by atoms with Gasteiger partial charge < -0.3 is 9.88 Å². The lowest BCUT2D eigenvalue weighted by Crippen LogP contribution is -2.37. The maximum atomic E-state index is 14.3. The largest absolute Gasteiger partial charge is 0.354 e. The number of hydrogen-bond acceptors (Lipinski definition) is 4. The lowest BCUT2D eigenvalue weighted by molar-refractivity contribution is 0.0734. The van der Waals surface area contributed by atoms with Crippen LogP contribution in [-0.2, 0) is 13.0 Å². The van der Waals surface area contributed by atoms with Gasteiger partial charge in [-0.2, -0.15) is 5.10 Å². The molecule has 2 aromatic heterocycles. The highest BCUT2D eigenvalue weighted by molar-refractivity contribution is 6.07. The van der Waals surface area contributed by atoms with Gasteiger partial charge in [0.05, 0.1) is 16.8 Å². The van der Waals surface area contributed by atoms with Gasteiger partial charge in [0.1, 0.15) is 11.6 Å². The monoisotopic (exact) mass is 408 g/mol. The van der Waals surface area contributed by atoms with Crippen molar-refractivity contribution >= 4 is 27.7 Å². The predicted molar refractivity (Wildman–Crippen MR) is 105 cm³/mol. The lowest BCUT2D eigenvalue weighted by atomic mass is 10.0. The Balaban J connectivity index is 1.66. The number of fused-ring (bicyclic) bond motifs is 3. The van der Waals surface area contributed by atoms with Crippen LogP contribution in [0.4, 0.5) is 8.78 Å². The fourth-order valence-electron chi connectivity index (χ4n) is 3.87. The van der Waals surface area contributed by atoms with Gasteiger partial charge in [0.2, 0.25) is 0 Å². The Kier molecular flexibility index (Phi) is 3.99. The first kappa shape index (κ1) is 18.2. The molecule has 0 bridgehead atoms. The van der Waals surface area contributed by atoms with Gasteiger partial charge in [0.15, 0.2) is 5.43 Å². The van der Waals surface area contributed by atoms with Crippen LogP contribution >= 0.6 is 0 Å². The van der Waals surface area contributed by atoms with Gasteiger partial charge in [-0.15, -0.1) is 0 Å². The summed E-state index contributed by atoms with van der Waals surface area (Å²) in [4.78, 5) is 42.1. The smallest absolute Gasteiger partial charge is 0.264 e. The number of H-pyrrole nitrogens is 2. The zero-order valence-electron chi connectivity index (χ0n) is 15.5. The fraction of sp³-hybridized carbons (Fsp3) is 0.143. The van der Waals surface area contributed by atoms with Crippen LogP contribution in [0.15, 0.2) is 46.0 Å². The minimum Gasteiger partial charge on any atom is -0.354 e. The fourth-order valence-corrected chi connectivity index (χ4v) is 3.87. The summed E-state index contributed by atoms with van der Waals surface area (Å²) >= 11 is 0. The third-order valence-electron chi connectivity index (χ3n) is 5.31. The van der Waals surface area contributed by atoms with E-state index < -0.39 is 23.0 Å². The van der Waals surface area contributed by atoms with Crippen molar-refractivity contribution in [2.75, 3.05) is 6.54 Å². The number of nitrogens with zero attached hydrogens (tertiary/aromatic N) is 2. The second-order valence-corrected chi connectivity index (χ2v) is 7.20. The van der Waals surface area contributed by atoms with Gasteiger partial charge in [-0.05, 0) is 30.3 Å². The van der Waals surface area contributed by atoms with Gasteiger partial charge >= 0.3 is 0 Å². The Labute approximate surface area is 167 Å². The molecule has 1 aliphatic rings. The van der Waals surface area contributed by atoms with E-state index in [1.807, 2.05) is 0 Å². The number of amides is 1. The third kappa shape index (κ3) is 2.86. The predicted octanol–water partition coefficient (Wildman–Crippen LogP) is 2.24. The number of carbonyl (C=O) groups excluding carboxylic acids is 1. The van der Waals surface area contributed by atoms with Gasteiger partial charge in [0, 0.05) is 47.4 Å². The molecule has 3 heterocycles. The number of aromatic amines is 2. The Morgan fingerprint density at radius 1 is 1.03 bits per heavy atom. The normalized spacial score (nSPS) is 13.6. The molecule has 0 radical (unpaired) electrons. The molecule has 0 saturated carbocycles. The van der Waals surface area contributed by atoms with Crippen LogP contribution < -0.4 is 11.0 Å². The molecule has 2 aromatic carbocycles. The standard InChI is InChI=1S/C21H14F2N4O3/c22-11-1-2-17-13(6-11)20(29)14-7-12(23)8-15(19(14)24-17)21(30)27-4-3-16-10(9-27)5-18(28)26-25-16/h1-2,5-8H,3-4,9H2,(H,24,29)(H,26,28). The van der Waals surface area contributed by atoms with E-state index in [4.69, 9.17) is 0 Å². The average Bonchev–Trinajstić information content (AvgIpc) is 2.73. The number of halogens is 2. The van der Waals surface area contributed by atoms with E-state index in [-0.39, 0.29) is 34.0 Å². The Bertz CT molecular complexity index is 1480. The maximum Gasteiger partial charge on any atom is 0.264 e. The topological polar surface area (TPSA) is 98.9 Å². The molecule has 4 aromatic rings. The molecular weight excluding hydrogens is 394 g/mol. The molecule has 0 saturated heterocycles. The van der Waals surface area contributed by atoms with Crippen molar-refractivity contribution in [3.8, 4) is 0 Å². The molecule has 1 amide bonds. The van der Waals surface area contributed by atoms with Crippen LogP contribution in [0, 0.1) is 11.6 Å². The molecule has 7 nitrogen and oxygen atoms in total. The molecule has 5 rings (SSSR count). The number of benzene rings is 2. The number of hydrogen-bond donors (Lipinski definition) is 2. The average molecular weight is 408 g/mol. The third-order valence-corrected chi connectivity index (χ3v) is 5.31. The molecule has 30 heavy (non-hydrogen) atoms. The van der Waals surface area contributed by atoms with Crippen molar-refractivity contribution in [1.29, 1.82) is 0 Å². The molecule has 0 aliphatic carbocycles. The molecule has 0 spiro atoms. The summed E-state index contributed by atoms with van der Waals surface area (Å²) in [5.41, 5.74) is 0.899. The van der Waals surface area contributed by atoms with Crippen molar-refractivity contribution in [2.45, 2.75) is 13.0 Å². The van der Waals surface area contributed by atoms with Crippen molar-refractivity contribution < 1.29 is 13.6 Å². The Morgan fingerprint density at radius 3 is 2.67 bits per heavy atom. The molecule has 2 N–H and O–H groups in total. The summed E-state index contributed by atoms with van der Waals surface area (Å²) < 4.78 is 27.9. The molecule has 150 valence electrons. The second kappa shape index (κ2) is 6.58. The van der Waals surface area contributed by atoms with E-state index in [2.05, 4.69) is 15.2 Å². The first-order valence-electron chi connectivity index (χ1n) is 9.22. The summed E-state index contributed by atoms with van der Waals surface area (Å²) in [5, 5.41) is 6.40. The van der Waals surface area contributed by atoms with E-state index in [0.717, 1.165) is 18.2 Å². The van der Waals surface area contributed by atoms with E-state index in [1.165, 1.54) is 23.1 Å². The highest BCUT2D eigenvalue weighted by atomic mass is 19.1. The number of nitrogens with one attached hydrogen (secondary N) is 2. The van der Waals surface area contributed by atoms with Crippen LogP contribution in [0.1, 0.15) is 21.6 Å². The molecule has 0 fully saturated rings. The van der Waals surface area contributed by atoms with Crippen LogP contribution in [0.25, 0.3) is 21.8 Å². The van der Waals surface area contributed by atoms with Gasteiger partial charge in [-0.1, -0.05) is 0 Å².